The van der Waals surface area contributed by atoms with Crippen molar-refractivity contribution in [2.75, 3.05) is 26.2 Å². The Morgan fingerprint density at radius 1 is 1.15 bits per heavy atom. The van der Waals surface area contributed by atoms with Crippen molar-refractivity contribution >= 4 is 0 Å². The van der Waals surface area contributed by atoms with Crippen LogP contribution in [0.1, 0.15) is 64.7 Å². The van der Waals surface area contributed by atoms with Gasteiger partial charge in [0.2, 0.25) is 0 Å². The lowest BCUT2D eigenvalue weighted by Gasteiger charge is -2.35. The summed E-state index contributed by atoms with van der Waals surface area (Å²) in [5.74, 6) is 0. The lowest BCUT2D eigenvalue weighted by atomic mass is 9.83. The molecule has 1 aliphatic carbocycles. The highest BCUT2D eigenvalue weighted by atomic mass is 16.5. The van der Waals surface area contributed by atoms with Crippen molar-refractivity contribution < 1.29 is 4.74 Å². The van der Waals surface area contributed by atoms with E-state index in [0.29, 0.717) is 6.10 Å². The van der Waals surface area contributed by atoms with Crippen LogP contribution in [0.3, 0.4) is 0 Å². The van der Waals surface area contributed by atoms with Crippen LogP contribution in [-0.2, 0) is 4.74 Å². The molecule has 0 aromatic carbocycles. The van der Waals surface area contributed by atoms with Gasteiger partial charge in [-0.2, -0.15) is 0 Å². The third-order valence-corrected chi connectivity index (χ3v) is 5.60. The van der Waals surface area contributed by atoms with Crippen LogP contribution in [0.25, 0.3) is 0 Å². The van der Waals surface area contributed by atoms with Gasteiger partial charge >= 0.3 is 0 Å². The molecule has 3 aliphatic rings. The molecular weight excluding hydrogens is 248 g/mol. The molecule has 1 saturated carbocycles. The Balaban J connectivity index is 1.53. The predicted octanol–water partition coefficient (Wildman–Crippen LogP) is 2.94. The maximum absolute atomic E-state index is 6.56. The van der Waals surface area contributed by atoms with Crippen LogP contribution in [0.2, 0.25) is 0 Å². The minimum atomic E-state index is 0.286. The monoisotopic (exact) mass is 280 g/mol. The van der Waals surface area contributed by atoms with E-state index in [1.54, 1.807) is 0 Å². The zero-order valence-corrected chi connectivity index (χ0v) is 13.2. The summed E-state index contributed by atoms with van der Waals surface area (Å²) in [7, 11) is 0. The second-order valence-corrected chi connectivity index (χ2v) is 7.16. The average Bonchev–Trinajstić information content (AvgIpc) is 3.10. The standard InChI is InChI=1S/C17H32N2O/c1-2-12-19(15-7-11-18-13-15)14-16-6-10-17(20-16)8-4-3-5-9-17/h15-16,18H,2-14H2,1H3. The van der Waals surface area contributed by atoms with Crippen molar-refractivity contribution in [1.29, 1.82) is 0 Å². The van der Waals surface area contributed by atoms with E-state index < -0.39 is 0 Å². The molecule has 0 radical (unpaired) electrons. The number of ether oxygens (including phenoxy) is 1. The normalized spacial score (nSPS) is 33.3. The Labute approximate surface area is 124 Å². The molecule has 20 heavy (non-hydrogen) atoms. The van der Waals surface area contributed by atoms with Crippen molar-refractivity contribution in [3.05, 3.63) is 0 Å². The van der Waals surface area contributed by atoms with Gasteiger partial charge in [-0.3, -0.25) is 4.90 Å². The number of hydrogen-bond acceptors (Lipinski definition) is 3. The zero-order chi connectivity index (χ0) is 13.8. The molecule has 0 aromatic heterocycles. The van der Waals surface area contributed by atoms with Crippen molar-refractivity contribution in [3.8, 4) is 0 Å². The molecule has 2 unspecified atom stereocenters. The van der Waals surface area contributed by atoms with Crippen molar-refractivity contribution in [1.82, 2.24) is 10.2 Å². The molecule has 3 fully saturated rings. The summed E-state index contributed by atoms with van der Waals surface area (Å²) in [5.41, 5.74) is 0.286. The molecule has 2 saturated heterocycles. The Kier molecular flexibility index (Phi) is 5.00. The first-order valence-corrected chi connectivity index (χ1v) is 8.94. The molecule has 116 valence electrons. The third kappa shape index (κ3) is 3.37. The minimum Gasteiger partial charge on any atom is -0.370 e. The molecule has 2 aliphatic heterocycles. The smallest absolute Gasteiger partial charge is 0.0710 e. The van der Waals surface area contributed by atoms with Gasteiger partial charge in [-0.15, -0.1) is 0 Å². The Bertz CT molecular complexity index is 295. The summed E-state index contributed by atoms with van der Waals surface area (Å²) in [4.78, 5) is 2.70. The molecule has 3 nitrogen and oxygen atoms in total. The summed E-state index contributed by atoms with van der Waals surface area (Å²) in [6, 6.07) is 0.751. The second-order valence-electron chi connectivity index (χ2n) is 7.16. The van der Waals surface area contributed by atoms with E-state index in [9.17, 15) is 0 Å². The van der Waals surface area contributed by atoms with Crippen molar-refractivity contribution in [2.45, 2.75) is 82.5 Å². The van der Waals surface area contributed by atoms with Gasteiger partial charge in [-0.25, -0.2) is 0 Å². The summed E-state index contributed by atoms with van der Waals surface area (Å²) in [6.45, 7) is 7.08. The first-order valence-electron chi connectivity index (χ1n) is 8.94. The van der Waals surface area contributed by atoms with Crippen LogP contribution in [0.15, 0.2) is 0 Å². The fourth-order valence-electron chi connectivity index (χ4n) is 4.51. The number of nitrogens with zero attached hydrogens (tertiary/aromatic N) is 1. The molecule has 0 amide bonds. The fraction of sp³-hybridized carbons (Fsp3) is 1.00. The van der Waals surface area contributed by atoms with Crippen molar-refractivity contribution in [2.24, 2.45) is 0 Å². The summed E-state index contributed by atoms with van der Waals surface area (Å²) >= 11 is 0. The number of nitrogens with one attached hydrogen (secondary N) is 1. The van der Waals surface area contributed by atoms with E-state index in [4.69, 9.17) is 4.74 Å². The van der Waals surface area contributed by atoms with Gasteiger partial charge in [0.25, 0.3) is 0 Å². The molecule has 0 aromatic rings. The molecule has 2 atom stereocenters. The lowest BCUT2D eigenvalue weighted by molar-refractivity contribution is -0.0742. The Morgan fingerprint density at radius 2 is 2.00 bits per heavy atom. The van der Waals surface area contributed by atoms with Crippen LogP contribution in [0, 0.1) is 0 Å². The van der Waals surface area contributed by atoms with Crippen molar-refractivity contribution in [3.63, 3.8) is 0 Å². The van der Waals surface area contributed by atoms with E-state index in [1.807, 2.05) is 0 Å². The lowest BCUT2D eigenvalue weighted by Crippen LogP contribution is -2.43. The molecule has 0 bridgehead atoms. The summed E-state index contributed by atoms with van der Waals surface area (Å²) in [5, 5.41) is 3.51. The highest BCUT2D eigenvalue weighted by Gasteiger charge is 2.41. The van der Waals surface area contributed by atoms with Gasteiger partial charge in [0.15, 0.2) is 0 Å². The van der Waals surface area contributed by atoms with Gasteiger partial charge in [0.1, 0.15) is 0 Å². The molecule has 2 heterocycles. The van der Waals surface area contributed by atoms with E-state index in [1.165, 1.54) is 84.0 Å². The van der Waals surface area contributed by atoms with Crippen LogP contribution < -0.4 is 5.32 Å². The zero-order valence-electron chi connectivity index (χ0n) is 13.2. The average molecular weight is 280 g/mol. The van der Waals surface area contributed by atoms with Gasteiger partial charge in [-0.05, 0) is 51.6 Å². The predicted molar refractivity (Wildman–Crippen MR) is 83.1 cm³/mol. The van der Waals surface area contributed by atoms with E-state index >= 15 is 0 Å². The van der Waals surface area contributed by atoms with Crippen LogP contribution in [-0.4, -0.2) is 48.8 Å². The minimum absolute atomic E-state index is 0.286. The topological polar surface area (TPSA) is 24.5 Å². The molecule has 1 spiro atoms. The highest BCUT2D eigenvalue weighted by Crippen LogP contribution is 2.42. The van der Waals surface area contributed by atoms with E-state index in [2.05, 4.69) is 17.1 Å². The summed E-state index contributed by atoms with van der Waals surface area (Å²) < 4.78 is 6.56. The van der Waals surface area contributed by atoms with E-state index in [-0.39, 0.29) is 5.60 Å². The fourth-order valence-corrected chi connectivity index (χ4v) is 4.51. The molecule has 3 heteroatoms. The SMILES string of the molecule is CCCN(CC1CCC2(CCCCC2)O1)C1CCNC1. The van der Waals surface area contributed by atoms with Crippen LogP contribution in [0.4, 0.5) is 0 Å². The van der Waals surface area contributed by atoms with Crippen LogP contribution in [0.5, 0.6) is 0 Å². The third-order valence-electron chi connectivity index (χ3n) is 5.60. The van der Waals surface area contributed by atoms with Crippen LogP contribution >= 0.6 is 0 Å². The Hall–Kier alpha value is -0.120. The Morgan fingerprint density at radius 3 is 2.70 bits per heavy atom. The summed E-state index contributed by atoms with van der Waals surface area (Å²) in [6.07, 6.45) is 12.5. The molecule has 1 N–H and O–H groups in total. The molecular formula is C17H32N2O. The first kappa shape index (κ1) is 14.8. The number of hydrogen-bond donors (Lipinski definition) is 1. The maximum Gasteiger partial charge on any atom is 0.0710 e. The van der Waals surface area contributed by atoms with Gasteiger partial charge in [0.05, 0.1) is 11.7 Å². The first-order chi connectivity index (χ1) is 9.81. The van der Waals surface area contributed by atoms with Gasteiger partial charge in [-0.1, -0.05) is 26.2 Å². The van der Waals surface area contributed by atoms with E-state index in [0.717, 1.165) is 6.04 Å². The highest BCUT2D eigenvalue weighted by molar-refractivity contribution is 4.93. The maximum atomic E-state index is 6.56. The van der Waals surface area contributed by atoms with Gasteiger partial charge in [0, 0.05) is 19.1 Å². The van der Waals surface area contributed by atoms with Gasteiger partial charge < -0.3 is 10.1 Å². The quantitative estimate of drug-likeness (QED) is 0.838. The largest absolute Gasteiger partial charge is 0.370 e. The molecule has 3 rings (SSSR count). The second kappa shape index (κ2) is 6.76. The number of rotatable bonds is 5.